The van der Waals surface area contributed by atoms with Crippen molar-refractivity contribution in [1.29, 1.82) is 0 Å². The average molecular weight is 216 g/mol. The lowest BCUT2D eigenvalue weighted by Crippen LogP contribution is -2.57. The van der Waals surface area contributed by atoms with Gasteiger partial charge in [0.05, 0.1) is 0 Å². The molecule has 16 heavy (non-hydrogen) atoms. The summed E-state index contributed by atoms with van der Waals surface area (Å²) in [5, 5.41) is 3.16. The van der Waals surface area contributed by atoms with Crippen molar-refractivity contribution in [2.75, 3.05) is 19.6 Å². The van der Waals surface area contributed by atoms with Crippen LogP contribution < -0.4 is 5.32 Å². The number of carbonyl (C=O) groups is 2. The first-order valence-corrected chi connectivity index (χ1v) is 5.43. The first-order valence-electron chi connectivity index (χ1n) is 5.43. The summed E-state index contributed by atoms with van der Waals surface area (Å²) in [4.78, 5) is 26.0. The quantitative estimate of drug-likeness (QED) is 0.678. The van der Waals surface area contributed by atoms with Crippen LogP contribution in [0.1, 0.15) is 20.7 Å². The van der Waals surface area contributed by atoms with E-state index in [1.54, 1.807) is 29.2 Å². The van der Waals surface area contributed by atoms with Gasteiger partial charge >= 0.3 is 0 Å². The highest BCUT2D eigenvalue weighted by Gasteiger charge is 2.34. The zero-order chi connectivity index (χ0) is 11.1. The van der Waals surface area contributed by atoms with Gasteiger partial charge in [-0.2, -0.15) is 0 Å². The molecule has 1 amide bonds. The second-order valence-electron chi connectivity index (χ2n) is 4.16. The maximum atomic E-state index is 12.2. The van der Waals surface area contributed by atoms with Gasteiger partial charge in [-0.3, -0.25) is 9.59 Å². The first kappa shape index (κ1) is 9.54. The molecule has 4 nitrogen and oxygen atoms in total. The van der Waals surface area contributed by atoms with Crippen LogP contribution >= 0.6 is 0 Å². The molecule has 1 saturated heterocycles. The van der Waals surface area contributed by atoms with E-state index in [9.17, 15) is 9.59 Å². The number of piperazine rings is 1. The van der Waals surface area contributed by atoms with Gasteiger partial charge in [-0.25, -0.2) is 0 Å². The number of benzene rings is 1. The fourth-order valence-electron chi connectivity index (χ4n) is 2.32. The Hall–Kier alpha value is -1.68. The van der Waals surface area contributed by atoms with E-state index in [0.29, 0.717) is 24.2 Å². The molecule has 4 rings (SSSR count). The molecule has 0 aromatic heterocycles. The minimum Gasteiger partial charge on any atom is -0.326 e. The lowest BCUT2D eigenvalue weighted by Gasteiger charge is -2.36. The number of nitrogens with zero attached hydrogens (tertiary/aromatic N) is 1. The molecular formula is C12H12N2O2. The fourth-order valence-corrected chi connectivity index (χ4v) is 2.32. The molecule has 1 aromatic carbocycles. The van der Waals surface area contributed by atoms with E-state index in [4.69, 9.17) is 0 Å². The Bertz CT molecular complexity index is 410. The Morgan fingerprint density at radius 2 is 1.81 bits per heavy atom. The molecular weight excluding hydrogens is 204 g/mol. The molecule has 1 aromatic rings. The van der Waals surface area contributed by atoms with Crippen LogP contribution in [0.15, 0.2) is 24.3 Å². The minimum absolute atomic E-state index is 0.0341. The van der Waals surface area contributed by atoms with Gasteiger partial charge in [-0.1, -0.05) is 12.1 Å². The molecule has 0 radical (unpaired) electrons. The molecule has 0 aliphatic carbocycles. The zero-order valence-corrected chi connectivity index (χ0v) is 8.77. The van der Waals surface area contributed by atoms with E-state index in [2.05, 4.69) is 5.32 Å². The molecule has 2 bridgehead atoms. The van der Waals surface area contributed by atoms with E-state index in [1.165, 1.54) is 0 Å². The molecule has 1 atom stereocenters. The minimum atomic E-state index is -0.332. The Kier molecular flexibility index (Phi) is 2.04. The second-order valence-corrected chi connectivity index (χ2v) is 4.16. The van der Waals surface area contributed by atoms with Gasteiger partial charge in [0.1, 0.15) is 6.04 Å². The van der Waals surface area contributed by atoms with Gasteiger partial charge in [-0.15, -0.1) is 0 Å². The second kappa shape index (κ2) is 3.42. The predicted octanol–water partition coefficient (Wildman–Crippen LogP) is 0.297. The molecule has 3 heterocycles. The maximum Gasteiger partial charge on any atom is 0.254 e. The van der Waals surface area contributed by atoms with Gasteiger partial charge in [-0.05, 0) is 12.1 Å². The predicted molar refractivity (Wildman–Crippen MR) is 58.5 cm³/mol. The maximum absolute atomic E-state index is 12.2. The van der Waals surface area contributed by atoms with Crippen molar-refractivity contribution in [3.63, 3.8) is 0 Å². The van der Waals surface area contributed by atoms with Crippen LogP contribution in [0.3, 0.4) is 0 Å². The number of ketones is 1. The lowest BCUT2D eigenvalue weighted by atomic mass is 9.96. The fraction of sp³-hybridized carbons (Fsp3) is 0.333. The summed E-state index contributed by atoms with van der Waals surface area (Å²) >= 11 is 0. The highest BCUT2D eigenvalue weighted by atomic mass is 16.2. The number of Topliss-reactive ketones (excluding diaryl/α,β-unsaturated/α-hetero) is 1. The van der Waals surface area contributed by atoms with Crippen molar-refractivity contribution >= 4 is 11.7 Å². The molecule has 4 heteroatoms. The van der Waals surface area contributed by atoms with Crippen LogP contribution in [-0.4, -0.2) is 42.3 Å². The summed E-state index contributed by atoms with van der Waals surface area (Å²) in [6.07, 6.45) is 0. The number of nitrogens with one attached hydrogen (secondary N) is 1. The van der Waals surface area contributed by atoms with Gasteiger partial charge in [0.25, 0.3) is 5.91 Å². The van der Waals surface area contributed by atoms with E-state index < -0.39 is 0 Å². The normalized spacial score (nSPS) is 24.0. The number of hydrogen-bond acceptors (Lipinski definition) is 3. The average Bonchev–Trinajstić information content (AvgIpc) is 2.36. The molecule has 1 unspecified atom stereocenters. The number of hydrogen-bond donors (Lipinski definition) is 1. The van der Waals surface area contributed by atoms with Crippen molar-refractivity contribution in [2.24, 2.45) is 0 Å². The summed E-state index contributed by atoms with van der Waals surface area (Å²) in [7, 11) is 0. The number of rotatable bonds is 0. The third kappa shape index (κ3) is 1.27. The van der Waals surface area contributed by atoms with Crippen molar-refractivity contribution < 1.29 is 9.59 Å². The highest BCUT2D eigenvalue weighted by Crippen LogP contribution is 2.19. The zero-order valence-electron chi connectivity index (χ0n) is 8.77. The molecule has 82 valence electrons. The van der Waals surface area contributed by atoms with E-state index >= 15 is 0 Å². The topological polar surface area (TPSA) is 49.4 Å². The van der Waals surface area contributed by atoms with Crippen molar-refractivity contribution in [3.8, 4) is 0 Å². The highest BCUT2D eigenvalue weighted by molar-refractivity contribution is 6.07. The van der Waals surface area contributed by atoms with Gasteiger partial charge < -0.3 is 10.2 Å². The molecule has 3 aliphatic heterocycles. The van der Waals surface area contributed by atoms with Crippen LogP contribution in [0.2, 0.25) is 0 Å². The van der Waals surface area contributed by atoms with Gasteiger partial charge in [0.15, 0.2) is 5.78 Å². The summed E-state index contributed by atoms with van der Waals surface area (Å²) in [6.45, 7) is 1.92. The SMILES string of the molecule is O=C1c2ccc(cc2)C(=O)N2CCNCC12. The van der Waals surface area contributed by atoms with Crippen LogP contribution in [0.5, 0.6) is 0 Å². The molecule has 1 fully saturated rings. The molecule has 3 aliphatic rings. The Balaban J connectivity index is 2.13. The summed E-state index contributed by atoms with van der Waals surface area (Å²) in [6, 6.07) is 6.60. The van der Waals surface area contributed by atoms with Crippen LogP contribution in [0.25, 0.3) is 0 Å². The number of fused-ring (bicyclic) bond motifs is 2. The third-order valence-corrected chi connectivity index (χ3v) is 3.22. The van der Waals surface area contributed by atoms with Gasteiger partial charge in [0.2, 0.25) is 0 Å². The lowest BCUT2D eigenvalue weighted by molar-refractivity contribution is 0.0565. The summed E-state index contributed by atoms with van der Waals surface area (Å²) in [5.74, 6) is -0.00194. The van der Waals surface area contributed by atoms with Crippen molar-refractivity contribution in [2.45, 2.75) is 6.04 Å². The van der Waals surface area contributed by atoms with Crippen molar-refractivity contribution in [3.05, 3.63) is 35.4 Å². The van der Waals surface area contributed by atoms with Crippen LogP contribution in [0.4, 0.5) is 0 Å². The number of amides is 1. The Morgan fingerprint density at radius 1 is 1.12 bits per heavy atom. The molecule has 0 spiro atoms. The van der Waals surface area contributed by atoms with Gasteiger partial charge in [0, 0.05) is 30.8 Å². The third-order valence-electron chi connectivity index (χ3n) is 3.22. The molecule has 1 N–H and O–H groups in total. The molecule has 0 saturated carbocycles. The Morgan fingerprint density at radius 3 is 2.56 bits per heavy atom. The summed E-state index contributed by atoms with van der Waals surface area (Å²) < 4.78 is 0. The largest absolute Gasteiger partial charge is 0.326 e. The number of carbonyl (C=O) groups excluding carboxylic acids is 2. The standard InChI is InChI=1S/C12H12N2O2/c15-11-8-1-3-9(4-2-8)12(16)14-6-5-13-7-10(11)14/h1-4,10,13H,5-7H2. The van der Waals surface area contributed by atoms with Crippen LogP contribution in [0, 0.1) is 0 Å². The smallest absolute Gasteiger partial charge is 0.254 e. The van der Waals surface area contributed by atoms with Crippen LogP contribution in [-0.2, 0) is 0 Å². The van der Waals surface area contributed by atoms with Crippen molar-refractivity contribution in [1.82, 2.24) is 10.2 Å². The van der Waals surface area contributed by atoms with E-state index in [-0.39, 0.29) is 17.7 Å². The Labute approximate surface area is 93.2 Å². The van der Waals surface area contributed by atoms with E-state index in [0.717, 1.165) is 6.54 Å². The summed E-state index contributed by atoms with van der Waals surface area (Å²) in [5.41, 5.74) is 1.36. The first-order chi connectivity index (χ1) is 7.77. The van der Waals surface area contributed by atoms with E-state index in [1.807, 2.05) is 0 Å². The monoisotopic (exact) mass is 216 g/mol.